The molecule has 0 spiro atoms. The molecule has 1 aliphatic rings. The van der Waals surface area contributed by atoms with E-state index in [9.17, 15) is 9.59 Å². The van der Waals surface area contributed by atoms with Gasteiger partial charge in [0, 0.05) is 36.1 Å². The minimum absolute atomic E-state index is 0.0502. The lowest BCUT2D eigenvalue weighted by molar-refractivity contribution is -0.120. The number of benzene rings is 2. The summed E-state index contributed by atoms with van der Waals surface area (Å²) in [4.78, 5) is 26.9. The molecule has 2 heterocycles. The number of rotatable bonds is 6. The van der Waals surface area contributed by atoms with Crippen LogP contribution in [0, 0.1) is 0 Å². The Morgan fingerprint density at radius 1 is 1.00 bits per heavy atom. The summed E-state index contributed by atoms with van der Waals surface area (Å²) < 4.78 is 5.62. The molecule has 0 saturated carbocycles. The fraction of sp³-hybridized carbons (Fsp3) is 0.360. The zero-order valence-electron chi connectivity index (χ0n) is 17.4. The van der Waals surface area contributed by atoms with Gasteiger partial charge in [0.15, 0.2) is 0 Å². The molecule has 0 radical (unpaired) electrons. The van der Waals surface area contributed by atoms with Gasteiger partial charge in [-0.3, -0.25) is 9.59 Å². The van der Waals surface area contributed by atoms with Gasteiger partial charge in [-0.1, -0.05) is 31.2 Å². The van der Waals surface area contributed by atoms with Crippen molar-refractivity contribution >= 4 is 22.8 Å². The Hall–Kier alpha value is -3.08. The molecule has 0 aliphatic carbocycles. The molecule has 0 unspecified atom stereocenters. The van der Waals surface area contributed by atoms with E-state index in [0.717, 1.165) is 54.4 Å². The van der Waals surface area contributed by atoms with Crippen molar-refractivity contribution < 1.29 is 14.0 Å². The van der Waals surface area contributed by atoms with Crippen LogP contribution in [0.5, 0.6) is 0 Å². The van der Waals surface area contributed by atoms with Crippen molar-refractivity contribution in [3.8, 4) is 0 Å². The van der Waals surface area contributed by atoms with Crippen LogP contribution < -0.4 is 5.32 Å². The first-order valence-electron chi connectivity index (χ1n) is 10.8. The molecule has 1 aliphatic heterocycles. The molecule has 0 bridgehead atoms. The number of fused-ring (bicyclic) bond motifs is 1. The minimum atomic E-state index is -0.0502. The summed E-state index contributed by atoms with van der Waals surface area (Å²) in [5.41, 5.74) is 4.63. The molecule has 1 N–H and O–H groups in total. The van der Waals surface area contributed by atoms with E-state index in [1.807, 2.05) is 41.3 Å². The summed E-state index contributed by atoms with van der Waals surface area (Å²) in [6.45, 7) is 4.24. The first-order valence-corrected chi connectivity index (χ1v) is 10.8. The molecule has 2 aromatic carbocycles. The molecule has 3 aromatic rings. The number of aryl methyl sites for hydroxylation is 1. The Labute approximate surface area is 177 Å². The first-order chi connectivity index (χ1) is 14.6. The number of nitrogens with one attached hydrogen (secondary N) is 1. The molecule has 1 fully saturated rings. The van der Waals surface area contributed by atoms with E-state index in [2.05, 4.69) is 18.3 Å². The van der Waals surface area contributed by atoms with E-state index >= 15 is 0 Å². The number of carbonyl (C=O) groups is 2. The standard InChI is InChI=1S/C25H28N2O3/c1-2-18-8-11-22-21(17-30-23(22)14-18)15-24(28)26-16-19-6-9-20(10-7-19)25(29)27-12-4-3-5-13-27/h6-11,14,17H,2-5,12-13,15-16H2,1H3,(H,26,28). The largest absolute Gasteiger partial charge is 0.464 e. The fourth-order valence-electron chi connectivity index (χ4n) is 3.97. The highest BCUT2D eigenvalue weighted by Crippen LogP contribution is 2.23. The summed E-state index contributed by atoms with van der Waals surface area (Å²) in [7, 11) is 0. The number of nitrogens with zero attached hydrogens (tertiary/aromatic N) is 1. The van der Waals surface area contributed by atoms with Crippen molar-refractivity contribution in [3.05, 3.63) is 71.0 Å². The van der Waals surface area contributed by atoms with Crippen LogP contribution >= 0.6 is 0 Å². The quantitative estimate of drug-likeness (QED) is 0.659. The summed E-state index contributed by atoms with van der Waals surface area (Å²) in [5.74, 6) is 0.0501. The first kappa shape index (κ1) is 20.2. The lowest BCUT2D eigenvalue weighted by Gasteiger charge is -2.26. The monoisotopic (exact) mass is 404 g/mol. The van der Waals surface area contributed by atoms with Gasteiger partial charge in [-0.25, -0.2) is 0 Å². The SMILES string of the molecule is CCc1ccc2c(CC(=O)NCc3ccc(C(=O)N4CCCCC4)cc3)coc2c1. The number of hydrogen-bond acceptors (Lipinski definition) is 3. The predicted octanol–water partition coefficient (Wildman–Crippen LogP) is 4.48. The van der Waals surface area contributed by atoms with Gasteiger partial charge in [0.25, 0.3) is 5.91 Å². The number of hydrogen-bond donors (Lipinski definition) is 1. The van der Waals surface area contributed by atoms with Crippen molar-refractivity contribution in [2.45, 2.75) is 45.6 Å². The molecular formula is C25H28N2O3. The highest BCUT2D eigenvalue weighted by molar-refractivity contribution is 5.94. The third-order valence-electron chi connectivity index (χ3n) is 5.81. The molecule has 30 heavy (non-hydrogen) atoms. The zero-order chi connectivity index (χ0) is 20.9. The maximum Gasteiger partial charge on any atom is 0.253 e. The van der Waals surface area contributed by atoms with Gasteiger partial charge in [0.1, 0.15) is 5.58 Å². The lowest BCUT2D eigenvalue weighted by atomic mass is 10.1. The Kier molecular flexibility index (Phi) is 6.17. The number of piperidine rings is 1. The maximum atomic E-state index is 12.5. The molecule has 156 valence electrons. The van der Waals surface area contributed by atoms with Crippen molar-refractivity contribution in [2.75, 3.05) is 13.1 Å². The second kappa shape index (κ2) is 9.16. The van der Waals surface area contributed by atoms with E-state index in [-0.39, 0.29) is 18.2 Å². The molecule has 2 amide bonds. The van der Waals surface area contributed by atoms with Crippen LogP contribution in [0.25, 0.3) is 11.0 Å². The van der Waals surface area contributed by atoms with Crippen molar-refractivity contribution in [3.63, 3.8) is 0 Å². The molecule has 4 rings (SSSR count). The van der Waals surface area contributed by atoms with Crippen LogP contribution in [0.15, 0.2) is 53.1 Å². The highest BCUT2D eigenvalue weighted by Gasteiger charge is 2.18. The average molecular weight is 405 g/mol. The second-order valence-electron chi connectivity index (χ2n) is 7.95. The van der Waals surface area contributed by atoms with Crippen molar-refractivity contribution in [2.24, 2.45) is 0 Å². The molecule has 5 heteroatoms. The highest BCUT2D eigenvalue weighted by atomic mass is 16.3. The third kappa shape index (κ3) is 4.56. The van der Waals surface area contributed by atoms with E-state index in [4.69, 9.17) is 4.42 Å². The average Bonchev–Trinajstić information content (AvgIpc) is 3.20. The van der Waals surface area contributed by atoms with Gasteiger partial charge in [-0.05, 0) is 55.0 Å². The topological polar surface area (TPSA) is 62.6 Å². The lowest BCUT2D eigenvalue weighted by Crippen LogP contribution is -2.35. The third-order valence-corrected chi connectivity index (χ3v) is 5.81. The summed E-state index contributed by atoms with van der Waals surface area (Å²) in [5, 5.41) is 3.95. The number of furan rings is 1. The van der Waals surface area contributed by atoms with E-state index in [0.29, 0.717) is 12.1 Å². The Balaban J connectivity index is 1.32. The molecule has 1 aromatic heterocycles. The second-order valence-corrected chi connectivity index (χ2v) is 7.95. The number of amides is 2. The van der Waals surface area contributed by atoms with E-state index in [1.165, 1.54) is 12.0 Å². The van der Waals surface area contributed by atoms with Gasteiger partial charge in [-0.2, -0.15) is 0 Å². The van der Waals surface area contributed by atoms with Crippen molar-refractivity contribution in [1.82, 2.24) is 10.2 Å². The minimum Gasteiger partial charge on any atom is -0.464 e. The van der Waals surface area contributed by atoms with Crippen LogP contribution in [0.1, 0.15) is 53.2 Å². The maximum absolute atomic E-state index is 12.5. The summed E-state index contributed by atoms with van der Waals surface area (Å²) in [6.07, 6.45) is 6.28. The summed E-state index contributed by atoms with van der Waals surface area (Å²) >= 11 is 0. The Bertz CT molecular complexity index is 1030. The van der Waals surface area contributed by atoms with Crippen LogP contribution in [0.3, 0.4) is 0 Å². The number of carbonyl (C=O) groups excluding carboxylic acids is 2. The normalized spacial score (nSPS) is 14.1. The van der Waals surface area contributed by atoms with Gasteiger partial charge in [-0.15, -0.1) is 0 Å². The fourth-order valence-corrected chi connectivity index (χ4v) is 3.97. The molecule has 0 atom stereocenters. The van der Waals surface area contributed by atoms with Crippen LogP contribution in [-0.2, 0) is 24.2 Å². The van der Waals surface area contributed by atoms with Gasteiger partial charge in [0.05, 0.1) is 12.7 Å². The van der Waals surface area contributed by atoms with Gasteiger partial charge < -0.3 is 14.6 Å². The predicted molar refractivity (Wildman–Crippen MR) is 117 cm³/mol. The van der Waals surface area contributed by atoms with E-state index < -0.39 is 0 Å². The summed E-state index contributed by atoms with van der Waals surface area (Å²) in [6, 6.07) is 13.7. The van der Waals surface area contributed by atoms with Crippen molar-refractivity contribution in [1.29, 1.82) is 0 Å². The van der Waals surface area contributed by atoms with Gasteiger partial charge >= 0.3 is 0 Å². The molecule has 1 saturated heterocycles. The number of likely N-dealkylation sites (tertiary alicyclic amines) is 1. The smallest absolute Gasteiger partial charge is 0.253 e. The van der Waals surface area contributed by atoms with Crippen LogP contribution in [0.2, 0.25) is 0 Å². The van der Waals surface area contributed by atoms with Crippen LogP contribution in [0.4, 0.5) is 0 Å². The molecule has 5 nitrogen and oxygen atoms in total. The van der Waals surface area contributed by atoms with Crippen LogP contribution in [-0.4, -0.2) is 29.8 Å². The Morgan fingerprint density at radius 2 is 1.73 bits per heavy atom. The van der Waals surface area contributed by atoms with E-state index in [1.54, 1.807) is 6.26 Å². The zero-order valence-corrected chi connectivity index (χ0v) is 17.4. The Morgan fingerprint density at radius 3 is 2.47 bits per heavy atom. The molecular weight excluding hydrogens is 376 g/mol. The van der Waals surface area contributed by atoms with Gasteiger partial charge in [0.2, 0.25) is 5.91 Å².